The second-order valence-corrected chi connectivity index (χ2v) is 5.31. The molecule has 3 heteroatoms. The first-order chi connectivity index (χ1) is 10.1. The molecule has 21 heavy (non-hydrogen) atoms. The number of carboxylic acids is 1. The standard InChI is InChI=1S/C18H20O3/c19-17(20)18(21,13-11-15-7-3-1-4-8-15)14-12-16-9-5-2-6-10-16/h1-10,21H,11-14H2,(H,19,20). The molecule has 2 aromatic carbocycles. The first kappa shape index (κ1) is 15.3. The summed E-state index contributed by atoms with van der Waals surface area (Å²) in [6, 6.07) is 19.3. The van der Waals surface area contributed by atoms with E-state index in [0.717, 1.165) is 11.1 Å². The molecule has 0 bridgehead atoms. The number of hydrogen-bond acceptors (Lipinski definition) is 2. The molecule has 0 saturated carbocycles. The van der Waals surface area contributed by atoms with E-state index in [4.69, 9.17) is 0 Å². The summed E-state index contributed by atoms with van der Waals surface area (Å²) < 4.78 is 0. The lowest BCUT2D eigenvalue weighted by molar-refractivity contribution is -0.159. The van der Waals surface area contributed by atoms with Crippen molar-refractivity contribution in [3.63, 3.8) is 0 Å². The summed E-state index contributed by atoms with van der Waals surface area (Å²) in [4.78, 5) is 11.4. The zero-order valence-electron chi connectivity index (χ0n) is 11.9. The molecule has 3 nitrogen and oxygen atoms in total. The molecule has 0 amide bonds. The number of aryl methyl sites for hydroxylation is 2. The summed E-state index contributed by atoms with van der Waals surface area (Å²) in [6.45, 7) is 0. The minimum Gasteiger partial charge on any atom is -0.479 e. The van der Waals surface area contributed by atoms with E-state index in [1.807, 2.05) is 60.7 Å². The molecule has 0 spiro atoms. The molecule has 0 unspecified atom stereocenters. The van der Waals surface area contributed by atoms with Crippen molar-refractivity contribution in [3.05, 3.63) is 71.8 Å². The molecule has 0 radical (unpaired) electrons. The van der Waals surface area contributed by atoms with Gasteiger partial charge in [0.2, 0.25) is 0 Å². The maximum Gasteiger partial charge on any atom is 0.335 e. The van der Waals surface area contributed by atoms with Crippen LogP contribution in [0.2, 0.25) is 0 Å². The SMILES string of the molecule is O=C(O)C(O)(CCc1ccccc1)CCc1ccccc1. The largest absolute Gasteiger partial charge is 0.479 e. The van der Waals surface area contributed by atoms with Crippen LogP contribution in [-0.4, -0.2) is 21.8 Å². The van der Waals surface area contributed by atoms with E-state index in [0.29, 0.717) is 12.8 Å². The number of carboxylic acid groups (broad SMARTS) is 1. The van der Waals surface area contributed by atoms with E-state index in [9.17, 15) is 15.0 Å². The fourth-order valence-electron chi connectivity index (χ4n) is 2.33. The lowest BCUT2D eigenvalue weighted by atomic mass is 9.89. The number of aliphatic hydroxyl groups is 1. The van der Waals surface area contributed by atoms with Gasteiger partial charge in [-0.3, -0.25) is 0 Å². The molecule has 0 aromatic heterocycles. The van der Waals surface area contributed by atoms with Crippen molar-refractivity contribution in [3.8, 4) is 0 Å². The highest BCUT2D eigenvalue weighted by molar-refractivity contribution is 5.77. The molecule has 0 heterocycles. The molecule has 2 rings (SSSR count). The van der Waals surface area contributed by atoms with Crippen LogP contribution in [0, 0.1) is 0 Å². The van der Waals surface area contributed by atoms with Crippen LogP contribution in [0.25, 0.3) is 0 Å². The van der Waals surface area contributed by atoms with Gasteiger partial charge in [0.25, 0.3) is 0 Å². The normalized spacial score (nSPS) is 11.3. The molecule has 2 N–H and O–H groups in total. The van der Waals surface area contributed by atoms with Gasteiger partial charge in [0.05, 0.1) is 0 Å². The molecule has 110 valence electrons. The molecular formula is C18H20O3. The fourth-order valence-corrected chi connectivity index (χ4v) is 2.33. The van der Waals surface area contributed by atoms with Crippen LogP contribution < -0.4 is 0 Å². The second kappa shape index (κ2) is 7.04. The van der Waals surface area contributed by atoms with Crippen molar-refractivity contribution in [2.45, 2.75) is 31.3 Å². The van der Waals surface area contributed by atoms with Gasteiger partial charge >= 0.3 is 5.97 Å². The summed E-state index contributed by atoms with van der Waals surface area (Å²) in [5.74, 6) is -1.14. The first-order valence-corrected chi connectivity index (χ1v) is 7.14. The maximum absolute atomic E-state index is 11.4. The van der Waals surface area contributed by atoms with Crippen molar-refractivity contribution in [1.82, 2.24) is 0 Å². The monoisotopic (exact) mass is 284 g/mol. The summed E-state index contributed by atoms with van der Waals surface area (Å²) in [5, 5.41) is 19.8. The predicted octanol–water partition coefficient (Wildman–Crippen LogP) is 3.07. The minimum atomic E-state index is -1.67. The third kappa shape index (κ3) is 4.43. The van der Waals surface area contributed by atoms with Gasteiger partial charge in [-0.1, -0.05) is 60.7 Å². The fraction of sp³-hybridized carbons (Fsp3) is 0.278. The zero-order valence-corrected chi connectivity index (χ0v) is 11.9. The molecule has 2 aromatic rings. The lowest BCUT2D eigenvalue weighted by Gasteiger charge is -2.23. The summed E-state index contributed by atoms with van der Waals surface area (Å²) in [6.07, 6.45) is 1.55. The van der Waals surface area contributed by atoms with Gasteiger partial charge in [-0.15, -0.1) is 0 Å². The van der Waals surface area contributed by atoms with E-state index in [2.05, 4.69) is 0 Å². The molecule has 0 aliphatic heterocycles. The second-order valence-electron chi connectivity index (χ2n) is 5.31. The van der Waals surface area contributed by atoms with Gasteiger partial charge in [-0.2, -0.15) is 0 Å². The minimum absolute atomic E-state index is 0.221. The molecule has 0 saturated heterocycles. The Kier molecular flexibility index (Phi) is 5.12. The summed E-state index contributed by atoms with van der Waals surface area (Å²) in [7, 11) is 0. The van der Waals surface area contributed by atoms with Crippen LogP contribution >= 0.6 is 0 Å². The van der Waals surface area contributed by atoms with Crippen molar-refractivity contribution in [2.24, 2.45) is 0 Å². The van der Waals surface area contributed by atoms with Crippen LogP contribution in [0.5, 0.6) is 0 Å². The van der Waals surface area contributed by atoms with E-state index < -0.39 is 11.6 Å². The molecule has 0 fully saturated rings. The Bertz CT molecular complexity index is 520. The van der Waals surface area contributed by atoms with E-state index >= 15 is 0 Å². The van der Waals surface area contributed by atoms with Crippen molar-refractivity contribution < 1.29 is 15.0 Å². The number of benzene rings is 2. The van der Waals surface area contributed by atoms with E-state index in [1.54, 1.807) is 0 Å². The molecule has 0 aliphatic carbocycles. The lowest BCUT2D eigenvalue weighted by Crippen LogP contribution is -2.39. The van der Waals surface area contributed by atoms with Crippen LogP contribution in [-0.2, 0) is 17.6 Å². The van der Waals surface area contributed by atoms with Crippen LogP contribution in [0.15, 0.2) is 60.7 Å². The summed E-state index contributed by atoms with van der Waals surface area (Å²) >= 11 is 0. The Hall–Kier alpha value is -2.13. The van der Waals surface area contributed by atoms with Gasteiger partial charge in [0, 0.05) is 0 Å². The Balaban J connectivity index is 1.97. The zero-order chi connectivity index (χ0) is 15.1. The molecule has 0 aliphatic rings. The average molecular weight is 284 g/mol. The summed E-state index contributed by atoms with van der Waals surface area (Å²) in [5.41, 5.74) is 0.403. The Labute approximate surface area is 124 Å². The van der Waals surface area contributed by atoms with Crippen molar-refractivity contribution >= 4 is 5.97 Å². The molecular weight excluding hydrogens is 264 g/mol. The van der Waals surface area contributed by atoms with Gasteiger partial charge in [0.1, 0.15) is 0 Å². The highest BCUT2D eigenvalue weighted by atomic mass is 16.4. The van der Waals surface area contributed by atoms with Crippen LogP contribution in [0.1, 0.15) is 24.0 Å². The van der Waals surface area contributed by atoms with Gasteiger partial charge < -0.3 is 10.2 Å². The van der Waals surface area contributed by atoms with Crippen molar-refractivity contribution in [2.75, 3.05) is 0 Å². The topological polar surface area (TPSA) is 57.5 Å². The van der Waals surface area contributed by atoms with E-state index in [1.165, 1.54) is 0 Å². The van der Waals surface area contributed by atoms with Gasteiger partial charge in [0.15, 0.2) is 5.60 Å². The van der Waals surface area contributed by atoms with Crippen LogP contribution in [0.4, 0.5) is 0 Å². The highest BCUT2D eigenvalue weighted by Gasteiger charge is 2.34. The number of aliphatic carboxylic acids is 1. The van der Waals surface area contributed by atoms with Gasteiger partial charge in [-0.25, -0.2) is 4.79 Å². The smallest absolute Gasteiger partial charge is 0.335 e. The Morgan fingerprint density at radius 3 is 1.52 bits per heavy atom. The number of rotatable bonds is 7. The predicted molar refractivity (Wildman–Crippen MR) is 82.1 cm³/mol. The third-order valence-electron chi connectivity index (χ3n) is 3.74. The third-order valence-corrected chi connectivity index (χ3v) is 3.74. The Morgan fingerprint density at radius 2 is 1.19 bits per heavy atom. The number of carbonyl (C=O) groups is 1. The average Bonchev–Trinajstić information content (AvgIpc) is 2.53. The quantitative estimate of drug-likeness (QED) is 0.821. The van der Waals surface area contributed by atoms with Crippen molar-refractivity contribution in [1.29, 1.82) is 0 Å². The maximum atomic E-state index is 11.4. The number of hydrogen-bond donors (Lipinski definition) is 2. The Morgan fingerprint density at radius 1 is 0.810 bits per heavy atom. The first-order valence-electron chi connectivity index (χ1n) is 7.14. The van der Waals surface area contributed by atoms with Crippen LogP contribution in [0.3, 0.4) is 0 Å². The van der Waals surface area contributed by atoms with Gasteiger partial charge in [-0.05, 0) is 36.8 Å². The van der Waals surface area contributed by atoms with E-state index in [-0.39, 0.29) is 12.8 Å². The highest BCUT2D eigenvalue weighted by Crippen LogP contribution is 2.21. The molecule has 0 atom stereocenters.